The van der Waals surface area contributed by atoms with E-state index in [1.54, 1.807) is 6.07 Å². The van der Waals surface area contributed by atoms with Crippen molar-refractivity contribution in [3.05, 3.63) is 68.7 Å². The molecule has 5 heteroatoms. The van der Waals surface area contributed by atoms with Gasteiger partial charge in [0.05, 0.1) is 0 Å². The smallest absolute Gasteiger partial charge is 0.223 e. The molecule has 156 valence electrons. The van der Waals surface area contributed by atoms with Gasteiger partial charge in [0.1, 0.15) is 0 Å². The van der Waals surface area contributed by atoms with Crippen molar-refractivity contribution < 1.29 is 4.79 Å². The largest absolute Gasteiger partial charge is 0.352 e. The van der Waals surface area contributed by atoms with Crippen molar-refractivity contribution in [3.8, 4) is 0 Å². The maximum absolute atomic E-state index is 12.7. The molecule has 0 aromatic heterocycles. The molecule has 3 rings (SSSR count). The van der Waals surface area contributed by atoms with Crippen LogP contribution in [0.15, 0.2) is 36.4 Å². The van der Waals surface area contributed by atoms with Crippen molar-refractivity contribution in [1.82, 2.24) is 10.2 Å². The Bertz CT molecular complexity index is 845. The number of likely N-dealkylation sites (tertiary alicyclic amines) is 1. The molecule has 0 saturated carbocycles. The second-order valence-electron chi connectivity index (χ2n) is 7.81. The van der Waals surface area contributed by atoms with Gasteiger partial charge in [0.15, 0.2) is 0 Å². The summed E-state index contributed by atoms with van der Waals surface area (Å²) < 4.78 is 0. The summed E-state index contributed by atoms with van der Waals surface area (Å²) in [4.78, 5) is 15.1. The van der Waals surface area contributed by atoms with Crippen molar-refractivity contribution in [3.63, 3.8) is 0 Å². The van der Waals surface area contributed by atoms with Crippen LogP contribution in [0.4, 0.5) is 0 Å². The molecular weight excluding hydrogens is 403 g/mol. The summed E-state index contributed by atoms with van der Waals surface area (Å²) in [5.74, 6) is 0.268. The molecule has 2 aromatic carbocycles. The van der Waals surface area contributed by atoms with Crippen LogP contribution in [-0.4, -0.2) is 23.9 Å². The second-order valence-corrected chi connectivity index (χ2v) is 8.66. The molecule has 2 aromatic rings. The lowest BCUT2D eigenvalue weighted by molar-refractivity contribution is -0.126. The standard InChI is InChI=1S/C24H30Cl2N2O/c1-3-17-5-6-18(4-2)21(13-17)15-27-24(29)19-9-11-28(12-10-19)16-20-7-8-22(25)14-23(20)26/h5-8,13-14,19H,3-4,9-12,15-16H2,1-2H3,(H,27,29). The van der Waals surface area contributed by atoms with Gasteiger partial charge in [-0.3, -0.25) is 9.69 Å². The summed E-state index contributed by atoms with van der Waals surface area (Å²) in [5, 5.41) is 4.55. The Morgan fingerprint density at radius 3 is 2.38 bits per heavy atom. The van der Waals surface area contributed by atoms with Crippen molar-refractivity contribution in [2.75, 3.05) is 13.1 Å². The second kappa shape index (κ2) is 10.5. The van der Waals surface area contributed by atoms with Gasteiger partial charge in [-0.1, -0.05) is 61.3 Å². The van der Waals surface area contributed by atoms with Crippen LogP contribution in [-0.2, 0) is 30.7 Å². The molecule has 1 fully saturated rings. The molecule has 0 spiro atoms. The number of nitrogens with zero attached hydrogens (tertiary/aromatic N) is 1. The van der Waals surface area contributed by atoms with Crippen LogP contribution in [0.2, 0.25) is 10.0 Å². The van der Waals surface area contributed by atoms with Gasteiger partial charge in [0.25, 0.3) is 0 Å². The van der Waals surface area contributed by atoms with Crippen LogP contribution >= 0.6 is 23.2 Å². The van der Waals surface area contributed by atoms with Gasteiger partial charge in [-0.2, -0.15) is 0 Å². The van der Waals surface area contributed by atoms with Crippen molar-refractivity contribution in [2.24, 2.45) is 5.92 Å². The fraction of sp³-hybridized carbons (Fsp3) is 0.458. The van der Waals surface area contributed by atoms with E-state index in [0.717, 1.165) is 50.9 Å². The predicted octanol–water partition coefficient (Wildman–Crippen LogP) is 5.65. The number of carbonyl (C=O) groups is 1. The average Bonchev–Trinajstić information content (AvgIpc) is 2.74. The molecule has 1 heterocycles. The minimum Gasteiger partial charge on any atom is -0.352 e. The third kappa shape index (κ3) is 5.97. The molecule has 3 nitrogen and oxygen atoms in total. The van der Waals surface area contributed by atoms with Crippen LogP contribution in [0.3, 0.4) is 0 Å². The third-order valence-electron chi connectivity index (χ3n) is 5.88. The van der Waals surface area contributed by atoms with E-state index >= 15 is 0 Å². The molecular formula is C24H30Cl2N2O. The molecule has 1 amide bonds. The highest BCUT2D eigenvalue weighted by atomic mass is 35.5. The Kier molecular flexibility index (Phi) is 7.99. The van der Waals surface area contributed by atoms with Gasteiger partial charge in [0.2, 0.25) is 5.91 Å². The topological polar surface area (TPSA) is 32.3 Å². The van der Waals surface area contributed by atoms with E-state index in [4.69, 9.17) is 23.2 Å². The highest BCUT2D eigenvalue weighted by molar-refractivity contribution is 6.35. The molecule has 0 radical (unpaired) electrons. The molecule has 0 aliphatic carbocycles. The van der Waals surface area contributed by atoms with Crippen LogP contribution in [0.1, 0.15) is 48.9 Å². The Morgan fingerprint density at radius 2 is 1.72 bits per heavy atom. The van der Waals surface area contributed by atoms with Crippen molar-refractivity contribution in [1.29, 1.82) is 0 Å². The lowest BCUT2D eigenvalue weighted by atomic mass is 9.95. The number of hydrogen-bond acceptors (Lipinski definition) is 2. The molecule has 0 unspecified atom stereocenters. The van der Waals surface area contributed by atoms with E-state index in [1.165, 1.54) is 16.7 Å². The Morgan fingerprint density at radius 1 is 1.00 bits per heavy atom. The van der Waals surface area contributed by atoms with Crippen LogP contribution in [0, 0.1) is 5.92 Å². The van der Waals surface area contributed by atoms with Crippen molar-refractivity contribution in [2.45, 2.75) is 52.6 Å². The molecule has 1 aliphatic rings. The lowest BCUT2D eigenvalue weighted by Gasteiger charge is -2.31. The third-order valence-corrected chi connectivity index (χ3v) is 6.47. The first-order valence-corrected chi connectivity index (χ1v) is 11.3. The zero-order valence-electron chi connectivity index (χ0n) is 17.3. The van der Waals surface area contributed by atoms with Gasteiger partial charge in [-0.15, -0.1) is 0 Å². The zero-order valence-corrected chi connectivity index (χ0v) is 18.8. The van der Waals surface area contributed by atoms with Crippen LogP contribution in [0.5, 0.6) is 0 Å². The van der Waals surface area contributed by atoms with E-state index in [0.29, 0.717) is 16.6 Å². The predicted molar refractivity (Wildman–Crippen MR) is 122 cm³/mol. The van der Waals surface area contributed by atoms with Gasteiger partial charge >= 0.3 is 0 Å². The summed E-state index contributed by atoms with van der Waals surface area (Å²) in [6.45, 7) is 7.55. The highest BCUT2D eigenvalue weighted by Gasteiger charge is 2.25. The summed E-state index contributed by atoms with van der Waals surface area (Å²) in [5.41, 5.74) is 4.97. The first kappa shape index (κ1) is 22.1. The van der Waals surface area contributed by atoms with E-state index in [2.05, 4.69) is 42.3 Å². The summed E-state index contributed by atoms with van der Waals surface area (Å²) >= 11 is 12.3. The summed E-state index contributed by atoms with van der Waals surface area (Å²) in [7, 11) is 0. The Balaban J connectivity index is 1.50. The summed E-state index contributed by atoms with van der Waals surface area (Å²) in [6, 6.07) is 12.3. The molecule has 0 bridgehead atoms. The number of rotatable bonds is 7. The monoisotopic (exact) mass is 432 g/mol. The number of piperidine rings is 1. The number of carbonyl (C=O) groups excluding carboxylic acids is 1. The number of benzene rings is 2. The SMILES string of the molecule is CCc1ccc(CC)c(CNC(=O)C2CCN(Cc3ccc(Cl)cc3Cl)CC2)c1. The molecule has 29 heavy (non-hydrogen) atoms. The average molecular weight is 433 g/mol. The fourth-order valence-electron chi connectivity index (χ4n) is 3.98. The quantitative estimate of drug-likeness (QED) is 0.612. The van der Waals surface area contributed by atoms with Crippen LogP contribution < -0.4 is 5.32 Å². The highest BCUT2D eigenvalue weighted by Crippen LogP contribution is 2.25. The van der Waals surface area contributed by atoms with Gasteiger partial charge in [-0.25, -0.2) is 0 Å². The van der Waals surface area contributed by atoms with E-state index in [1.807, 2.05) is 12.1 Å². The minimum absolute atomic E-state index is 0.0892. The van der Waals surface area contributed by atoms with E-state index in [9.17, 15) is 4.79 Å². The maximum atomic E-state index is 12.7. The molecule has 1 N–H and O–H groups in total. The van der Waals surface area contributed by atoms with Gasteiger partial charge in [0, 0.05) is 29.1 Å². The number of halogens is 2. The molecule has 0 atom stereocenters. The number of amides is 1. The van der Waals surface area contributed by atoms with Crippen molar-refractivity contribution >= 4 is 29.1 Å². The Hall–Kier alpha value is -1.55. The summed E-state index contributed by atoms with van der Waals surface area (Å²) in [6.07, 6.45) is 3.77. The number of aryl methyl sites for hydroxylation is 2. The van der Waals surface area contributed by atoms with E-state index < -0.39 is 0 Å². The zero-order chi connectivity index (χ0) is 20.8. The minimum atomic E-state index is 0.0892. The normalized spacial score (nSPS) is 15.4. The van der Waals surface area contributed by atoms with E-state index in [-0.39, 0.29) is 11.8 Å². The molecule has 1 saturated heterocycles. The first-order chi connectivity index (χ1) is 14.0. The van der Waals surface area contributed by atoms with Gasteiger partial charge in [-0.05, 0) is 73.2 Å². The molecule has 1 aliphatic heterocycles. The number of hydrogen-bond donors (Lipinski definition) is 1. The number of nitrogens with one attached hydrogen (secondary N) is 1. The maximum Gasteiger partial charge on any atom is 0.223 e. The lowest BCUT2D eigenvalue weighted by Crippen LogP contribution is -2.40. The van der Waals surface area contributed by atoms with Gasteiger partial charge < -0.3 is 5.32 Å². The first-order valence-electron chi connectivity index (χ1n) is 10.5. The Labute approximate surface area is 184 Å². The fourth-order valence-corrected chi connectivity index (χ4v) is 4.45. The van der Waals surface area contributed by atoms with Crippen LogP contribution in [0.25, 0.3) is 0 Å².